The van der Waals surface area contributed by atoms with E-state index in [-0.39, 0.29) is 24.1 Å². The lowest BCUT2D eigenvalue weighted by Crippen LogP contribution is -2.32. The summed E-state index contributed by atoms with van der Waals surface area (Å²) < 4.78 is 4.90. The van der Waals surface area contributed by atoms with Gasteiger partial charge >= 0.3 is 5.97 Å². The Morgan fingerprint density at radius 2 is 2.10 bits per heavy atom. The number of methoxy groups -OCH3 is 1. The van der Waals surface area contributed by atoms with Crippen molar-refractivity contribution in [2.75, 3.05) is 7.11 Å². The number of phenolic OH excluding ortho intramolecular Hbond substituents is 1. The molecular formula is C14H19NO5. The molecule has 0 aliphatic rings. The molecule has 0 aliphatic carbocycles. The van der Waals surface area contributed by atoms with Crippen molar-refractivity contribution >= 4 is 11.9 Å². The van der Waals surface area contributed by atoms with Crippen molar-refractivity contribution < 1.29 is 24.5 Å². The Morgan fingerprint density at radius 1 is 1.40 bits per heavy atom. The number of hydrogen-bond donors (Lipinski definition) is 3. The first-order valence-electron chi connectivity index (χ1n) is 6.33. The van der Waals surface area contributed by atoms with Crippen LogP contribution in [0.2, 0.25) is 0 Å². The van der Waals surface area contributed by atoms with E-state index in [0.29, 0.717) is 24.2 Å². The fraction of sp³-hybridized carbons (Fsp3) is 0.429. The number of carbonyl (C=O) groups is 2. The van der Waals surface area contributed by atoms with Crippen molar-refractivity contribution in [1.82, 2.24) is 5.32 Å². The Labute approximate surface area is 117 Å². The van der Waals surface area contributed by atoms with Crippen LogP contribution in [-0.4, -0.2) is 35.2 Å². The van der Waals surface area contributed by atoms with Gasteiger partial charge in [0.25, 0.3) is 5.91 Å². The van der Waals surface area contributed by atoms with Crippen LogP contribution in [-0.2, 0) is 4.79 Å². The second-order valence-corrected chi connectivity index (χ2v) is 4.55. The minimum Gasteiger partial charge on any atom is -0.504 e. The van der Waals surface area contributed by atoms with Crippen molar-refractivity contribution in [1.29, 1.82) is 0 Å². The SMILES string of the molecule is COc1ccc(C(=O)NC(C)CCCC(=O)O)cc1O. The Balaban J connectivity index is 2.53. The van der Waals surface area contributed by atoms with Gasteiger partial charge in [0.05, 0.1) is 7.11 Å². The first-order chi connectivity index (χ1) is 9.43. The standard InChI is InChI=1S/C14H19NO5/c1-9(4-3-5-13(17)18)15-14(19)10-6-7-12(20-2)11(16)8-10/h6-9,16H,3-5H2,1-2H3,(H,15,19)(H,17,18). The molecule has 0 aliphatic heterocycles. The zero-order valence-electron chi connectivity index (χ0n) is 11.5. The number of nitrogens with one attached hydrogen (secondary N) is 1. The molecule has 0 spiro atoms. The molecule has 0 radical (unpaired) electrons. The second kappa shape index (κ2) is 7.37. The molecule has 1 aromatic carbocycles. The van der Waals surface area contributed by atoms with Crippen LogP contribution < -0.4 is 10.1 Å². The van der Waals surface area contributed by atoms with E-state index >= 15 is 0 Å². The topological polar surface area (TPSA) is 95.9 Å². The predicted octanol–water partition coefficient (Wildman–Crippen LogP) is 1.77. The van der Waals surface area contributed by atoms with Gasteiger partial charge < -0.3 is 20.3 Å². The Morgan fingerprint density at radius 3 is 2.65 bits per heavy atom. The highest BCUT2D eigenvalue weighted by molar-refractivity contribution is 5.95. The number of carbonyl (C=O) groups excluding carboxylic acids is 1. The van der Waals surface area contributed by atoms with E-state index in [1.807, 2.05) is 6.92 Å². The van der Waals surface area contributed by atoms with Crippen LogP contribution in [0.4, 0.5) is 0 Å². The summed E-state index contributed by atoms with van der Waals surface area (Å²) in [6.07, 6.45) is 1.17. The summed E-state index contributed by atoms with van der Waals surface area (Å²) in [4.78, 5) is 22.3. The molecule has 1 rings (SSSR count). The first-order valence-corrected chi connectivity index (χ1v) is 6.33. The van der Waals surface area contributed by atoms with Gasteiger partial charge in [0, 0.05) is 18.0 Å². The number of ether oxygens (including phenoxy) is 1. The number of hydrogen-bond acceptors (Lipinski definition) is 4. The van der Waals surface area contributed by atoms with Crippen molar-refractivity contribution in [2.24, 2.45) is 0 Å². The fourth-order valence-corrected chi connectivity index (χ4v) is 1.77. The van der Waals surface area contributed by atoms with Gasteiger partial charge in [-0.05, 0) is 38.0 Å². The van der Waals surface area contributed by atoms with Crippen molar-refractivity contribution in [3.8, 4) is 11.5 Å². The molecule has 0 heterocycles. The summed E-state index contributed by atoms with van der Waals surface area (Å²) in [7, 11) is 1.43. The summed E-state index contributed by atoms with van der Waals surface area (Å²) in [5.74, 6) is -0.955. The highest BCUT2D eigenvalue weighted by atomic mass is 16.5. The van der Waals surface area contributed by atoms with Gasteiger partial charge in [0.2, 0.25) is 0 Å². The van der Waals surface area contributed by atoms with Gasteiger partial charge in [-0.3, -0.25) is 9.59 Å². The molecule has 1 amide bonds. The quantitative estimate of drug-likeness (QED) is 0.708. The first kappa shape index (κ1) is 15.8. The smallest absolute Gasteiger partial charge is 0.303 e. The molecule has 0 aromatic heterocycles. The van der Waals surface area contributed by atoms with E-state index in [1.54, 1.807) is 6.07 Å². The molecule has 110 valence electrons. The molecule has 3 N–H and O–H groups in total. The van der Waals surface area contributed by atoms with Gasteiger partial charge in [-0.15, -0.1) is 0 Å². The van der Waals surface area contributed by atoms with E-state index in [2.05, 4.69) is 5.32 Å². The number of phenols is 1. The van der Waals surface area contributed by atoms with Crippen LogP contribution in [0.1, 0.15) is 36.5 Å². The average Bonchev–Trinajstić information content (AvgIpc) is 2.38. The molecular weight excluding hydrogens is 262 g/mol. The van der Waals surface area contributed by atoms with Gasteiger partial charge in [-0.2, -0.15) is 0 Å². The van der Waals surface area contributed by atoms with E-state index in [1.165, 1.54) is 19.2 Å². The van der Waals surface area contributed by atoms with Gasteiger partial charge in [0.1, 0.15) is 0 Å². The maximum absolute atomic E-state index is 11.9. The predicted molar refractivity (Wildman–Crippen MR) is 73.1 cm³/mol. The third-order valence-corrected chi connectivity index (χ3v) is 2.85. The van der Waals surface area contributed by atoms with Crippen LogP contribution in [0, 0.1) is 0 Å². The van der Waals surface area contributed by atoms with E-state index in [4.69, 9.17) is 9.84 Å². The molecule has 0 saturated heterocycles. The van der Waals surface area contributed by atoms with Crippen molar-refractivity contribution in [2.45, 2.75) is 32.2 Å². The molecule has 6 nitrogen and oxygen atoms in total. The maximum atomic E-state index is 11.9. The number of amides is 1. The minimum atomic E-state index is -0.844. The number of aliphatic carboxylic acids is 1. The molecule has 1 unspecified atom stereocenters. The zero-order chi connectivity index (χ0) is 15.1. The minimum absolute atomic E-state index is 0.0868. The fourth-order valence-electron chi connectivity index (χ4n) is 1.77. The van der Waals surface area contributed by atoms with Crippen LogP contribution in [0.3, 0.4) is 0 Å². The number of rotatable bonds is 7. The van der Waals surface area contributed by atoms with E-state index in [9.17, 15) is 14.7 Å². The van der Waals surface area contributed by atoms with Crippen LogP contribution in [0.15, 0.2) is 18.2 Å². The lowest BCUT2D eigenvalue weighted by Gasteiger charge is -2.13. The molecule has 6 heteroatoms. The van der Waals surface area contributed by atoms with Gasteiger partial charge in [-0.25, -0.2) is 0 Å². The number of benzene rings is 1. The lowest BCUT2D eigenvalue weighted by molar-refractivity contribution is -0.137. The number of carboxylic acids is 1. The second-order valence-electron chi connectivity index (χ2n) is 4.55. The van der Waals surface area contributed by atoms with Crippen molar-refractivity contribution in [3.63, 3.8) is 0 Å². The highest BCUT2D eigenvalue weighted by Gasteiger charge is 2.12. The molecule has 20 heavy (non-hydrogen) atoms. The normalized spacial score (nSPS) is 11.7. The number of aromatic hydroxyl groups is 1. The number of carboxylic acid groups (broad SMARTS) is 1. The molecule has 0 saturated carbocycles. The molecule has 1 aromatic rings. The monoisotopic (exact) mass is 281 g/mol. The highest BCUT2D eigenvalue weighted by Crippen LogP contribution is 2.26. The maximum Gasteiger partial charge on any atom is 0.303 e. The van der Waals surface area contributed by atoms with E-state index < -0.39 is 5.97 Å². The van der Waals surface area contributed by atoms with E-state index in [0.717, 1.165) is 0 Å². The Hall–Kier alpha value is -2.24. The summed E-state index contributed by atoms with van der Waals surface area (Å²) >= 11 is 0. The zero-order valence-corrected chi connectivity index (χ0v) is 11.5. The average molecular weight is 281 g/mol. The van der Waals surface area contributed by atoms with Crippen LogP contribution in [0.25, 0.3) is 0 Å². The van der Waals surface area contributed by atoms with Gasteiger partial charge in [-0.1, -0.05) is 0 Å². The molecule has 0 fully saturated rings. The van der Waals surface area contributed by atoms with Crippen LogP contribution in [0.5, 0.6) is 11.5 Å². The summed E-state index contributed by atoms with van der Waals surface area (Å²) in [6, 6.07) is 4.26. The molecule has 1 atom stereocenters. The third kappa shape index (κ3) is 4.79. The Bertz CT molecular complexity index is 486. The molecule has 0 bridgehead atoms. The summed E-state index contributed by atoms with van der Waals surface area (Å²) in [6.45, 7) is 1.81. The summed E-state index contributed by atoms with van der Waals surface area (Å²) in [5, 5.41) is 20.9. The largest absolute Gasteiger partial charge is 0.504 e. The Kier molecular flexibility index (Phi) is 5.83. The lowest BCUT2D eigenvalue weighted by atomic mass is 10.1. The van der Waals surface area contributed by atoms with Gasteiger partial charge in [0.15, 0.2) is 11.5 Å². The van der Waals surface area contributed by atoms with Crippen LogP contribution >= 0.6 is 0 Å². The summed E-state index contributed by atoms with van der Waals surface area (Å²) in [5.41, 5.74) is 0.327. The third-order valence-electron chi connectivity index (χ3n) is 2.85. The van der Waals surface area contributed by atoms with Crippen molar-refractivity contribution in [3.05, 3.63) is 23.8 Å².